The van der Waals surface area contributed by atoms with Gasteiger partial charge in [0.15, 0.2) is 11.5 Å². The van der Waals surface area contributed by atoms with Crippen LogP contribution in [0.5, 0.6) is 0 Å². The van der Waals surface area contributed by atoms with E-state index in [-0.39, 0.29) is 0 Å². The third kappa shape index (κ3) is 1.79. The van der Waals surface area contributed by atoms with Gasteiger partial charge in [0.2, 0.25) is 0 Å². The Bertz CT molecular complexity index is 738. The van der Waals surface area contributed by atoms with Crippen LogP contribution >= 0.6 is 27.5 Å². The van der Waals surface area contributed by atoms with Crippen LogP contribution in [0.2, 0.25) is 5.15 Å². The zero-order chi connectivity index (χ0) is 12.7. The monoisotopic (exact) mass is 322 g/mol. The molecule has 2 aromatic heterocycles. The summed E-state index contributed by atoms with van der Waals surface area (Å²) in [6.45, 7) is 2.03. The number of nitrogens with zero attached hydrogens (tertiary/aromatic N) is 4. The van der Waals surface area contributed by atoms with Crippen LogP contribution in [-0.4, -0.2) is 19.6 Å². The fourth-order valence-corrected chi connectivity index (χ4v) is 2.33. The maximum absolute atomic E-state index is 6.13. The van der Waals surface area contributed by atoms with Crippen LogP contribution < -0.4 is 0 Å². The Labute approximate surface area is 117 Å². The molecule has 1 aromatic carbocycles. The Morgan fingerprint density at radius 2 is 2.06 bits per heavy atom. The minimum atomic E-state index is 0.490. The molecule has 18 heavy (non-hydrogen) atoms. The molecule has 0 radical (unpaired) electrons. The van der Waals surface area contributed by atoms with Crippen molar-refractivity contribution in [1.29, 1.82) is 0 Å². The summed E-state index contributed by atoms with van der Waals surface area (Å²) in [6.07, 6.45) is 3.20. The summed E-state index contributed by atoms with van der Waals surface area (Å²) in [4.78, 5) is 3.99. The largest absolute Gasteiger partial charge is 0.262 e. The Hall–Kier alpha value is -1.46. The summed E-state index contributed by atoms with van der Waals surface area (Å²) in [5.41, 5.74) is 2.75. The molecule has 0 aliphatic carbocycles. The van der Waals surface area contributed by atoms with Gasteiger partial charge in [-0.1, -0.05) is 39.7 Å². The molecule has 2 heterocycles. The van der Waals surface area contributed by atoms with Crippen molar-refractivity contribution in [3.05, 3.63) is 45.8 Å². The Balaban J connectivity index is 2.28. The molecule has 0 fully saturated rings. The average molecular weight is 324 g/mol. The summed E-state index contributed by atoms with van der Waals surface area (Å²) in [7, 11) is 0. The first-order valence-corrected chi connectivity index (χ1v) is 6.45. The molecule has 0 N–H and O–H groups in total. The third-order valence-electron chi connectivity index (χ3n) is 2.70. The van der Waals surface area contributed by atoms with E-state index >= 15 is 0 Å². The second kappa shape index (κ2) is 4.33. The van der Waals surface area contributed by atoms with Gasteiger partial charge in [-0.05, 0) is 18.6 Å². The van der Waals surface area contributed by atoms with Gasteiger partial charge in [-0.15, -0.1) is 10.2 Å². The molecule has 0 saturated carbocycles. The van der Waals surface area contributed by atoms with Gasteiger partial charge < -0.3 is 0 Å². The molecule has 90 valence electrons. The molecule has 0 amide bonds. The van der Waals surface area contributed by atoms with E-state index in [0.29, 0.717) is 16.6 Å². The van der Waals surface area contributed by atoms with E-state index in [1.807, 2.05) is 25.1 Å². The molecule has 0 unspecified atom stereocenters. The smallest absolute Gasteiger partial charge is 0.180 e. The Kier molecular flexibility index (Phi) is 2.80. The highest BCUT2D eigenvalue weighted by atomic mass is 79.9. The molecule has 0 aliphatic rings. The number of fused-ring (bicyclic) bond motifs is 1. The second-order valence-electron chi connectivity index (χ2n) is 3.91. The van der Waals surface area contributed by atoms with Gasteiger partial charge in [-0.3, -0.25) is 9.38 Å². The quantitative estimate of drug-likeness (QED) is 0.688. The maximum atomic E-state index is 6.13. The molecule has 0 atom stereocenters. The fourth-order valence-electron chi connectivity index (χ4n) is 1.73. The van der Waals surface area contributed by atoms with E-state index in [1.165, 1.54) is 5.56 Å². The van der Waals surface area contributed by atoms with E-state index in [2.05, 4.69) is 31.1 Å². The van der Waals surface area contributed by atoms with Gasteiger partial charge in [0.05, 0.1) is 12.4 Å². The van der Waals surface area contributed by atoms with Crippen LogP contribution in [0.15, 0.2) is 35.1 Å². The molecule has 0 aliphatic heterocycles. The lowest BCUT2D eigenvalue weighted by Crippen LogP contribution is -1.92. The number of hydrogen-bond acceptors (Lipinski definition) is 3. The number of benzene rings is 1. The van der Waals surface area contributed by atoms with Gasteiger partial charge in [0.1, 0.15) is 5.15 Å². The summed E-state index contributed by atoms with van der Waals surface area (Å²) in [6, 6.07) is 6.02. The Morgan fingerprint density at radius 1 is 1.22 bits per heavy atom. The minimum absolute atomic E-state index is 0.490. The molecule has 0 spiro atoms. The van der Waals surface area contributed by atoms with E-state index < -0.39 is 0 Å². The first kappa shape index (κ1) is 11.6. The van der Waals surface area contributed by atoms with Crippen molar-refractivity contribution in [2.45, 2.75) is 6.92 Å². The van der Waals surface area contributed by atoms with Gasteiger partial charge in [0.25, 0.3) is 0 Å². The lowest BCUT2D eigenvalue weighted by atomic mass is 10.1. The van der Waals surface area contributed by atoms with Gasteiger partial charge >= 0.3 is 0 Å². The van der Waals surface area contributed by atoms with Crippen LogP contribution in [0.3, 0.4) is 0 Å². The molecule has 0 saturated heterocycles. The first-order valence-electron chi connectivity index (χ1n) is 5.28. The molecule has 4 nitrogen and oxygen atoms in total. The number of hydrogen-bond donors (Lipinski definition) is 0. The number of halogens is 2. The van der Waals surface area contributed by atoms with Crippen LogP contribution in [0, 0.1) is 6.92 Å². The highest BCUT2D eigenvalue weighted by molar-refractivity contribution is 9.10. The third-order valence-corrected chi connectivity index (χ3v) is 3.82. The van der Waals surface area contributed by atoms with E-state index in [1.54, 1.807) is 16.8 Å². The van der Waals surface area contributed by atoms with Gasteiger partial charge in [-0.25, -0.2) is 0 Å². The zero-order valence-corrected chi connectivity index (χ0v) is 11.8. The molecule has 3 aromatic rings. The molecule has 0 bridgehead atoms. The van der Waals surface area contributed by atoms with Crippen LogP contribution in [0.4, 0.5) is 0 Å². The highest BCUT2D eigenvalue weighted by Crippen LogP contribution is 2.26. The summed E-state index contributed by atoms with van der Waals surface area (Å²) < 4.78 is 2.80. The van der Waals surface area contributed by atoms with Crippen LogP contribution in [0.25, 0.3) is 17.0 Å². The zero-order valence-electron chi connectivity index (χ0n) is 9.43. The highest BCUT2D eigenvalue weighted by Gasteiger charge is 2.11. The van der Waals surface area contributed by atoms with Crippen molar-refractivity contribution in [2.24, 2.45) is 0 Å². The summed E-state index contributed by atoms with van der Waals surface area (Å²) in [5, 5.41) is 8.71. The predicted octanol–water partition coefficient (Wildman–Crippen LogP) is 3.52. The lowest BCUT2D eigenvalue weighted by Gasteiger charge is -2.04. The molecule has 3 rings (SSSR count). The van der Waals surface area contributed by atoms with E-state index in [9.17, 15) is 0 Å². The predicted molar refractivity (Wildman–Crippen MR) is 73.7 cm³/mol. The molecule has 6 heteroatoms. The normalized spacial score (nSPS) is 11.1. The summed E-state index contributed by atoms with van der Waals surface area (Å²) >= 11 is 9.64. The number of aromatic nitrogens is 4. The number of aryl methyl sites for hydroxylation is 1. The van der Waals surface area contributed by atoms with Crippen LogP contribution in [0.1, 0.15) is 5.56 Å². The molecular weight excluding hydrogens is 316 g/mol. The van der Waals surface area contributed by atoms with Crippen molar-refractivity contribution in [3.8, 4) is 11.4 Å². The number of rotatable bonds is 1. The lowest BCUT2D eigenvalue weighted by molar-refractivity contribution is 1.11. The van der Waals surface area contributed by atoms with Gasteiger partial charge in [-0.2, -0.15) is 0 Å². The van der Waals surface area contributed by atoms with Crippen molar-refractivity contribution in [3.63, 3.8) is 0 Å². The maximum Gasteiger partial charge on any atom is 0.180 e. The standard InChI is InChI=1S/C12H8BrClN4/c1-7-2-3-8(4-9(7)13)12-17-16-11-6-15-5-10(14)18(11)12/h2-6H,1H3. The van der Waals surface area contributed by atoms with E-state index in [4.69, 9.17) is 11.6 Å². The van der Waals surface area contributed by atoms with Crippen molar-refractivity contribution < 1.29 is 0 Å². The minimum Gasteiger partial charge on any atom is -0.262 e. The topological polar surface area (TPSA) is 43.1 Å². The van der Waals surface area contributed by atoms with Crippen LogP contribution in [-0.2, 0) is 0 Å². The van der Waals surface area contributed by atoms with Crippen molar-refractivity contribution in [2.75, 3.05) is 0 Å². The van der Waals surface area contributed by atoms with Gasteiger partial charge in [0, 0.05) is 10.0 Å². The fraction of sp³-hybridized carbons (Fsp3) is 0.0833. The average Bonchev–Trinajstić information content (AvgIpc) is 2.78. The summed E-state index contributed by atoms with van der Waals surface area (Å²) in [5.74, 6) is 0.707. The van der Waals surface area contributed by atoms with Crippen molar-refractivity contribution in [1.82, 2.24) is 19.6 Å². The second-order valence-corrected chi connectivity index (χ2v) is 5.15. The Morgan fingerprint density at radius 3 is 2.83 bits per heavy atom. The van der Waals surface area contributed by atoms with E-state index in [0.717, 1.165) is 10.0 Å². The SMILES string of the molecule is Cc1ccc(-c2nnc3cncc(Cl)n23)cc1Br. The molecular formula is C12H8BrClN4. The first-order chi connectivity index (χ1) is 8.66. The van der Waals surface area contributed by atoms with Crippen molar-refractivity contribution >= 4 is 33.2 Å².